The topological polar surface area (TPSA) is 62.8 Å². The summed E-state index contributed by atoms with van der Waals surface area (Å²) in [6, 6.07) is 1.61. The number of hydrogen-bond acceptors (Lipinski definition) is 3. The summed E-state index contributed by atoms with van der Waals surface area (Å²) in [5.74, 6) is 0. The molecule has 0 amide bonds. The maximum Gasteiger partial charge on any atom is 0.258 e. The molecule has 56 valence electrons. The highest BCUT2D eigenvalue weighted by atomic mass is 32.2. The minimum Gasteiger partial charge on any atom is -0.334 e. The summed E-state index contributed by atoms with van der Waals surface area (Å²) < 4.78 is 20.2. The lowest BCUT2D eigenvalue weighted by Crippen LogP contribution is -1.79. The second-order valence-corrected chi connectivity index (χ2v) is 2.18. The highest BCUT2D eigenvalue weighted by Crippen LogP contribution is 1.72. The van der Waals surface area contributed by atoms with E-state index in [1.807, 2.05) is 0 Å². The van der Waals surface area contributed by atoms with Crippen LogP contribution in [0.2, 0.25) is 0 Å². The lowest BCUT2D eigenvalue weighted by Gasteiger charge is -1.76. The van der Waals surface area contributed by atoms with Crippen molar-refractivity contribution < 1.29 is 8.42 Å². The normalized spacial score (nSPS) is 8.00. The lowest BCUT2D eigenvalue weighted by atomic mass is 10.7. The van der Waals surface area contributed by atoms with Crippen molar-refractivity contribution in [3.63, 3.8) is 0 Å². The number of nitrogens with zero attached hydrogens (tertiary/aromatic N) is 1. The number of aromatic nitrogens is 2. The van der Waals surface area contributed by atoms with Crippen LogP contribution in [0.25, 0.3) is 0 Å². The van der Waals surface area contributed by atoms with Crippen LogP contribution in [-0.4, -0.2) is 18.4 Å². The molecule has 0 aliphatic carbocycles. The maximum absolute atomic E-state index is 10.1. The molecule has 0 radical (unpaired) electrons. The molecule has 0 bridgehead atoms. The molecule has 4 nitrogen and oxygen atoms in total. The van der Waals surface area contributed by atoms with Gasteiger partial charge in [-0.05, 0) is 6.07 Å². The Bertz CT molecular complexity index is 326. The maximum atomic E-state index is 10.1. The van der Waals surface area contributed by atoms with Gasteiger partial charge in [-0.2, -0.15) is 8.42 Å². The minimum absolute atomic E-state index is 0. The van der Waals surface area contributed by atoms with Crippen LogP contribution in [-0.2, 0) is 10.3 Å². The third kappa shape index (κ3) is 2.02. The summed E-state index contributed by atoms with van der Waals surface area (Å²) in [7, 11) is -2.25. The predicted molar refractivity (Wildman–Crippen MR) is 37.5 cm³/mol. The molecule has 0 aliphatic rings. The second-order valence-electron chi connectivity index (χ2n) is 1.32. The van der Waals surface area contributed by atoms with Crippen LogP contribution >= 0.6 is 0 Å². The largest absolute Gasteiger partial charge is 0.334 e. The van der Waals surface area contributed by atoms with E-state index in [-0.39, 0.29) is 12.2 Å². The molecule has 1 aromatic heterocycles. The molecule has 5 heteroatoms. The monoisotopic (exact) mass is 160 g/mol. The molecule has 10 heavy (non-hydrogen) atoms. The zero-order chi connectivity index (χ0) is 6.69. The minimum atomic E-state index is -2.25. The summed E-state index contributed by atoms with van der Waals surface area (Å²) in [6.45, 7) is 0. The Morgan fingerprint density at radius 3 is 2.50 bits per heavy atom. The first-order valence-electron chi connectivity index (χ1n) is 2.22. The van der Waals surface area contributed by atoms with Gasteiger partial charge in [-0.1, -0.05) is 7.43 Å². The van der Waals surface area contributed by atoms with E-state index in [0.717, 1.165) is 0 Å². The van der Waals surface area contributed by atoms with Gasteiger partial charge in [0.1, 0.15) is 0 Å². The van der Waals surface area contributed by atoms with E-state index in [2.05, 4.69) is 9.97 Å². The Morgan fingerprint density at radius 1 is 1.50 bits per heavy atom. The van der Waals surface area contributed by atoms with Crippen molar-refractivity contribution in [3.8, 4) is 0 Å². The van der Waals surface area contributed by atoms with Gasteiger partial charge in [0.2, 0.25) is 0 Å². The summed E-state index contributed by atoms with van der Waals surface area (Å²) in [4.78, 5) is 5.95. The molecular weight excluding hydrogens is 152 g/mol. The summed E-state index contributed by atoms with van der Waals surface area (Å²) in [6.07, 6.45) is 2.90. The third-order valence-corrected chi connectivity index (χ3v) is 1.28. The van der Waals surface area contributed by atoms with Crippen LogP contribution in [0.15, 0.2) is 18.5 Å². The summed E-state index contributed by atoms with van der Waals surface area (Å²) in [5.41, 5.74) is 0. The van der Waals surface area contributed by atoms with E-state index in [0.29, 0.717) is 0 Å². The van der Waals surface area contributed by atoms with Crippen LogP contribution in [0.5, 0.6) is 0 Å². The Kier molecular flexibility index (Phi) is 3.42. The molecule has 1 aromatic rings. The highest BCUT2D eigenvalue weighted by molar-refractivity contribution is 7.63. The molecule has 1 rings (SSSR count). The molecule has 0 unspecified atom stereocenters. The van der Waals surface area contributed by atoms with Gasteiger partial charge in [-0.25, -0.2) is 4.98 Å². The number of hydrogen-bond donors (Lipinski definition) is 1. The molecule has 1 N–H and O–H groups in total. The van der Waals surface area contributed by atoms with E-state index in [4.69, 9.17) is 0 Å². The van der Waals surface area contributed by atoms with Crippen LogP contribution in [0.1, 0.15) is 7.43 Å². The van der Waals surface area contributed by atoms with Crippen molar-refractivity contribution in [1.29, 1.82) is 0 Å². The van der Waals surface area contributed by atoms with Crippen molar-refractivity contribution in [2.45, 2.75) is 7.43 Å². The number of rotatable bonds is 0. The Balaban J connectivity index is 0.000000810. The van der Waals surface area contributed by atoms with Crippen molar-refractivity contribution in [2.24, 2.45) is 0 Å². The van der Waals surface area contributed by atoms with Crippen LogP contribution < -0.4 is 0 Å². The predicted octanol–water partition coefficient (Wildman–Crippen LogP) is 0.457. The van der Waals surface area contributed by atoms with Crippen LogP contribution in [0, 0.1) is 4.77 Å². The average Bonchev–Trinajstić information content (AvgIpc) is 1.90. The fraction of sp³-hybridized carbons (Fsp3) is 0.200. The van der Waals surface area contributed by atoms with Gasteiger partial charge in [0.05, 0.1) is 0 Å². The van der Waals surface area contributed by atoms with E-state index >= 15 is 0 Å². The zero-order valence-electron chi connectivity index (χ0n) is 4.40. The molecule has 0 fully saturated rings. The molecule has 0 aromatic carbocycles. The Hall–Kier alpha value is -1.10. The first kappa shape index (κ1) is 8.90. The first-order chi connectivity index (χ1) is 4.30. The van der Waals surface area contributed by atoms with Crippen LogP contribution in [0.4, 0.5) is 0 Å². The fourth-order valence-corrected chi connectivity index (χ4v) is 0.713. The Labute approximate surface area is 60.1 Å². The van der Waals surface area contributed by atoms with Gasteiger partial charge in [0.15, 0.2) is 0 Å². The molecule has 0 spiro atoms. The first-order valence-corrected chi connectivity index (χ1v) is 3.30. The SMILES string of the molecule is C.O=S(=O)=c1nccc[nH]1. The lowest BCUT2D eigenvalue weighted by molar-refractivity contribution is 0.623. The van der Waals surface area contributed by atoms with Crippen molar-refractivity contribution >= 4 is 10.3 Å². The van der Waals surface area contributed by atoms with E-state index in [1.165, 1.54) is 12.4 Å². The quantitative estimate of drug-likeness (QED) is 0.561. The molecule has 1 heterocycles. The summed E-state index contributed by atoms with van der Waals surface area (Å²) >= 11 is 0. The molecule has 0 atom stereocenters. The van der Waals surface area contributed by atoms with Crippen molar-refractivity contribution in [3.05, 3.63) is 23.2 Å². The van der Waals surface area contributed by atoms with Gasteiger partial charge in [-0.15, -0.1) is 0 Å². The van der Waals surface area contributed by atoms with Gasteiger partial charge in [0, 0.05) is 12.4 Å². The van der Waals surface area contributed by atoms with Gasteiger partial charge in [-0.3, -0.25) is 0 Å². The molecule has 0 saturated heterocycles. The van der Waals surface area contributed by atoms with E-state index in [1.54, 1.807) is 6.07 Å². The van der Waals surface area contributed by atoms with Crippen LogP contribution in [0.3, 0.4) is 0 Å². The summed E-state index contributed by atoms with van der Waals surface area (Å²) in [5, 5.41) is 0. The average molecular weight is 160 g/mol. The van der Waals surface area contributed by atoms with Crippen molar-refractivity contribution in [2.75, 3.05) is 0 Å². The second kappa shape index (κ2) is 3.84. The number of aromatic amines is 1. The molecular formula is C5H8N2O2S. The van der Waals surface area contributed by atoms with E-state index in [9.17, 15) is 8.42 Å². The fourth-order valence-electron chi connectivity index (χ4n) is 0.402. The number of H-pyrrole nitrogens is 1. The van der Waals surface area contributed by atoms with Crippen molar-refractivity contribution in [1.82, 2.24) is 9.97 Å². The Morgan fingerprint density at radius 2 is 2.20 bits per heavy atom. The number of nitrogens with one attached hydrogen (secondary N) is 1. The molecule has 0 aliphatic heterocycles. The zero-order valence-corrected chi connectivity index (χ0v) is 5.22. The van der Waals surface area contributed by atoms with Gasteiger partial charge < -0.3 is 4.98 Å². The third-order valence-electron chi connectivity index (χ3n) is 0.739. The molecule has 0 saturated carbocycles. The van der Waals surface area contributed by atoms with Gasteiger partial charge >= 0.3 is 0 Å². The van der Waals surface area contributed by atoms with E-state index < -0.39 is 10.3 Å². The standard InChI is InChI=1S/C4H4N2O2S.CH4/c7-9(8)4-5-2-1-3-6-4;/h1-3,5H;1H4. The smallest absolute Gasteiger partial charge is 0.258 e. The van der Waals surface area contributed by atoms with Gasteiger partial charge in [0.25, 0.3) is 15.1 Å². The highest BCUT2D eigenvalue weighted by Gasteiger charge is 1.76.